The fraction of sp³-hybridized carbons (Fsp3) is 0.438. The zero-order chi connectivity index (χ0) is 15.2. The molecule has 0 saturated carbocycles. The van der Waals surface area contributed by atoms with E-state index in [1.54, 1.807) is 0 Å². The molecule has 21 heavy (non-hydrogen) atoms. The largest absolute Gasteiger partial charge is 0.369 e. The van der Waals surface area contributed by atoms with Gasteiger partial charge in [0.2, 0.25) is 0 Å². The minimum atomic E-state index is 0.847. The molecule has 0 fully saturated rings. The molecule has 2 aromatic rings. The van der Waals surface area contributed by atoms with E-state index in [4.69, 9.17) is 0 Å². The highest BCUT2D eigenvalue weighted by atomic mass is 79.9. The number of benzene rings is 1. The zero-order valence-corrected chi connectivity index (χ0v) is 14.5. The minimum absolute atomic E-state index is 0.847. The Bertz CT molecular complexity index is 579. The Balaban J connectivity index is 2.02. The molecule has 1 N–H and O–H groups in total. The molecule has 0 radical (unpaired) electrons. The third-order valence-electron chi connectivity index (χ3n) is 3.36. The lowest BCUT2D eigenvalue weighted by Gasteiger charge is -2.20. The fourth-order valence-corrected chi connectivity index (χ4v) is 3.02. The first-order valence-electron chi connectivity index (χ1n) is 7.28. The van der Waals surface area contributed by atoms with E-state index in [1.165, 1.54) is 16.8 Å². The molecule has 1 heterocycles. The molecule has 0 aliphatic heterocycles. The maximum absolute atomic E-state index is 4.21. The summed E-state index contributed by atoms with van der Waals surface area (Å²) in [6.07, 6.45) is 5.12. The molecule has 0 aliphatic rings. The highest BCUT2D eigenvalue weighted by Crippen LogP contribution is 2.27. The summed E-state index contributed by atoms with van der Waals surface area (Å²) in [5.74, 6) is 0. The molecule has 1 aromatic carbocycles. The molecule has 0 amide bonds. The summed E-state index contributed by atoms with van der Waals surface area (Å²) in [5.41, 5.74) is 3.70. The van der Waals surface area contributed by atoms with Gasteiger partial charge in [0.15, 0.2) is 0 Å². The number of halogens is 1. The van der Waals surface area contributed by atoms with Crippen molar-refractivity contribution in [2.24, 2.45) is 7.05 Å². The number of nitrogens with zero attached hydrogens (tertiary/aromatic N) is 3. The molecule has 0 atom stereocenters. The molecule has 0 unspecified atom stereocenters. The standard InChI is InChI=1S/C16H23BrN4/c1-4-7-18-9-13-5-6-16(15(17)8-13)20(2)11-14-10-19-21(3)12-14/h5-6,8,10,12,18H,4,7,9,11H2,1-3H3. The summed E-state index contributed by atoms with van der Waals surface area (Å²) < 4.78 is 2.96. The highest BCUT2D eigenvalue weighted by molar-refractivity contribution is 9.10. The van der Waals surface area contributed by atoms with Gasteiger partial charge in [-0.3, -0.25) is 4.68 Å². The molecule has 0 bridgehead atoms. The van der Waals surface area contributed by atoms with E-state index in [0.29, 0.717) is 0 Å². The predicted molar refractivity (Wildman–Crippen MR) is 91.5 cm³/mol. The van der Waals surface area contributed by atoms with Crippen molar-refractivity contribution in [1.82, 2.24) is 15.1 Å². The van der Waals surface area contributed by atoms with Crippen LogP contribution in [-0.2, 0) is 20.1 Å². The summed E-state index contributed by atoms with van der Waals surface area (Å²) >= 11 is 3.69. The molecule has 114 valence electrons. The first-order valence-corrected chi connectivity index (χ1v) is 8.07. The molecule has 0 spiro atoms. The van der Waals surface area contributed by atoms with Crippen molar-refractivity contribution >= 4 is 21.6 Å². The maximum atomic E-state index is 4.21. The van der Waals surface area contributed by atoms with Crippen LogP contribution in [0.4, 0.5) is 5.69 Å². The van der Waals surface area contributed by atoms with Crippen LogP contribution in [0.5, 0.6) is 0 Å². The number of aromatic nitrogens is 2. The number of anilines is 1. The molecular weight excluding hydrogens is 328 g/mol. The quantitative estimate of drug-likeness (QED) is 0.777. The van der Waals surface area contributed by atoms with Crippen LogP contribution in [-0.4, -0.2) is 23.4 Å². The summed E-state index contributed by atoms with van der Waals surface area (Å²) in [6.45, 7) is 5.00. The van der Waals surface area contributed by atoms with E-state index in [-0.39, 0.29) is 0 Å². The van der Waals surface area contributed by atoms with Gasteiger partial charge in [-0.05, 0) is 46.6 Å². The Morgan fingerprint density at radius 1 is 1.33 bits per heavy atom. The van der Waals surface area contributed by atoms with Crippen LogP contribution < -0.4 is 10.2 Å². The van der Waals surface area contributed by atoms with Gasteiger partial charge >= 0.3 is 0 Å². The zero-order valence-electron chi connectivity index (χ0n) is 12.9. The van der Waals surface area contributed by atoms with E-state index in [2.05, 4.69) is 63.4 Å². The van der Waals surface area contributed by atoms with Gasteiger partial charge < -0.3 is 10.2 Å². The second-order valence-electron chi connectivity index (χ2n) is 5.34. The Morgan fingerprint density at radius 3 is 2.76 bits per heavy atom. The predicted octanol–water partition coefficient (Wildman–Crippen LogP) is 3.32. The molecule has 1 aromatic heterocycles. The van der Waals surface area contributed by atoms with E-state index < -0.39 is 0 Å². The summed E-state index contributed by atoms with van der Waals surface area (Å²) in [4.78, 5) is 2.23. The van der Waals surface area contributed by atoms with E-state index in [1.807, 2.05) is 24.1 Å². The van der Waals surface area contributed by atoms with Crippen LogP contribution >= 0.6 is 15.9 Å². The van der Waals surface area contributed by atoms with Gasteiger partial charge in [0.25, 0.3) is 0 Å². The average Bonchev–Trinajstić information content (AvgIpc) is 2.84. The summed E-state index contributed by atoms with van der Waals surface area (Å²) in [7, 11) is 4.04. The molecule has 5 heteroatoms. The second-order valence-corrected chi connectivity index (χ2v) is 6.20. The first-order chi connectivity index (χ1) is 10.1. The SMILES string of the molecule is CCCNCc1ccc(N(C)Cc2cnn(C)c2)c(Br)c1. The smallest absolute Gasteiger partial charge is 0.0539 e. The second kappa shape index (κ2) is 7.61. The lowest BCUT2D eigenvalue weighted by molar-refractivity contribution is 0.675. The molecule has 0 aliphatic carbocycles. The Labute approximate surface area is 135 Å². The number of hydrogen-bond donors (Lipinski definition) is 1. The number of nitrogens with one attached hydrogen (secondary N) is 1. The maximum Gasteiger partial charge on any atom is 0.0539 e. The number of aryl methyl sites for hydroxylation is 1. The van der Waals surface area contributed by atoms with Gasteiger partial charge in [-0.15, -0.1) is 0 Å². The normalized spacial score (nSPS) is 10.9. The van der Waals surface area contributed by atoms with Crippen LogP contribution in [0.15, 0.2) is 35.1 Å². The minimum Gasteiger partial charge on any atom is -0.369 e. The topological polar surface area (TPSA) is 33.1 Å². The van der Waals surface area contributed by atoms with Gasteiger partial charge in [0, 0.05) is 43.4 Å². The third kappa shape index (κ3) is 4.58. The Hall–Kier alpha value is -1.33. The van der Waals surface area contributed by atoms with Crippen molar-refractivity contribution in [3.8, 4) is 0 Å². The Morgan fingerprint density at radius 2 is 2.14 bits per heavy atom. The van der Waals surface area contributed by atoms with Crippen LogP contribution in [0.1, 0.15) is 24.5 Å². The van der Waals surface area contributed by atoms with E-state index >= 15 is 0 Å². The molecule has 2 rings (SSSR count). The van der Waals surface area contributed by atoms with E-state index in [0.717, 1.165) is 30.5 Å². The lowest BCUT2D eigenvalue weighted by Crippen LogP contribution is -2.17. The van der Waals surface area contributed by atoms with Crippen LogP contribution in [0.25, 0.3) is 0 Å². The van der Waals surface area contributed by atoms with Gasteiger partial charge in [-0.2, -0.15) is 5.10 Å². The van der Waals surface area contributed by atoms with Crippen molar-refractivity contribution in [3.05, 3.63) is 46.2 Å². The number of rotatable bonds is 7. The molecular formula is C16H23BrN4. The van der Waals surface area contributed by atoms with Gasteiger partial charge in [0.1, 0.15) is 0 Å². The fourth-order valence-electron chi connectivity index (χ4n) is 2.29. The van der Waals surface area contributed by atoms with E-state index in [9.17, 15) is 0 Å². The third-order valence-corrected chi connectivity index (χ3v) is 3.99. The molecule has 0 saturated heterocycles. The van der Waals surface area contributed by atoms with Crippen molar-refractivity contribution in [2.75, 3.05) is 18.5 Å². The Kier molecular flexibility index (Phi) is 5.82. The first kappa shape index (κ1) is 16.0. The van der Waals surface area contributed by atoms with Gasteiger partial charge in [-0.1, -0.05) is 13.0 Å². The van der Waals surface area contributed by atoms with Gasteiger partial charge in [0.05, 0.1) is 11.9 Å². The molecule has 4 nitrogen and oxygen atoms in total. The van der Waals surface area contributed by atoms with Crippen molar-refractivity contribution in [1.29, 1.82) is 0 Å². The highest BCUT2D eigenvalue weighted by Gasteiger charge is 2.08. The average molecular weight is 351 g/mol. The van der Waals surface area contributed by atoms with Crippen LogP contribution in [0.3, 0.4) is 0 Å². The van der Waals surface area contributed by atoms with Crippen molar-refractivity contribution in [3.63, 3.8) is 0 Å². The van der Waals surface area contributed by atoms with Crippen molar-refractivity contribution in [2.45, 2.75) is 26.4 Å². The summed E-state index contributed by atoms with van der Waals surface area (Å²) in [5, 5.41) is 7.64. The van der Waals surface area contributed by atoms with Gasteiger partial charge in [-0.25, -0.2) is 0 Å². The van der Waals surface area contributed by atoms with Crippen molar-refractivity contribution < 1.29 is 0 Å². The summed E-state index contributed by atoms with van der Waals surface area (Å²) in [6, 6.07) is 6.55. The monoisotopic (exact) mass is 350 g/mol. The van der Waals surface area contributed by atoms with Crippen LogP contribution in [0, 0.1) is 0 Å². The van der Waals surface area contributed by atoms with Crippen LogP contribution in [0.2, 0.25) is 0 Å². The number of hydrogen-bond acceptors (Lipinski definition) is 3. The lowest BCUT2D eigenvalue weighted by atomic mass is 10.2.